The SMILES string of the molecule is CCN(CC)c1ccc(NC(=O)CCS(=O)(=O)N2CCCC2)c(C)c1. The van der Waals surface area contributed by atoms with Crippen LogP contribution in [0.4, 0.5) is 11.4 Å². The third-order valence-corrected chi connectivity index (χ3v) is 6.53. The quantitative estimate of drug-likeness (QED) is 0.767. The van der Waals surface area contributed by atoms with Crippen molar-refractivity contribution in [2.75, 3.05) is 42.1 Å². The number of aryl methyl sites for hydroxylation is 1. The summed E-state index contributed by atoms with van der Waals surface area (Å²) < 4.78 is 25.9. The first-order chi connectivity index (χ1) is 11.9. The average Bonchev–Trinajstić information content (AvgIpc) is 3.12. The zero-order chi connectivity index (χ0) is 18.4. The molecule has 0 aliphatic carbocycles. The molecule has 0 radical (unpaired) electrons. The molecule has 1 saturated heterocycles. The molecular weight excluding hydrogens is 338 g/mol. The minimum atomic E-state index is -3.32. The highest BCUT2D eigenvalue weighted by Gasteiger charge is 2.25. The summed E-state index contributed by atoms with van der Waals surface area (Å²) in [7, 11) is -3.32. The number of anilines is 2. The summed E-state index contributed by atoms with van der Waals surface area (Å²) in [6.07, 6.45) is 1.79. The van der Waals surface area contributed by atoms with E-state index in [4.69, 9.17) is 0 Å². The summed E-state index contributed by atoms with van der Waals surface area (Å²) in [6, 6.07) is 5.91. The number of rotatable bonds is 8. The van der Waals surface area contributed by atoms with Gasteiger partial charge in [0.15, 0.2) is 0 Å². The van der Waals surface area contributed by atoms with Crippen molar-refractivity contribution in [2.45, 2.75) is 40.0 Å². The van der Waals surface area contributed by atoms with Crippen LogP contribution in [0.25, 0.3) is 0 Å². The second kappa shape index (κ2) is 8.67. The first kappa shape index (κ1) is 19.7. The summed E-state index contributed by atoms with van der Waals surface area (Å²) in [5.41, 5.74) is 2.83. The second-order valence-electron chi connectivity index (χ2n) is 6.39. The maximum absolute atomic E-state index is 12.2. The van der Waals surface area contributed by atoms with Crippen molar-refractivity contribution in [3.63, 3.8) is 0 Å². The third kappa shape index (κ3) is 5.19. The average molecular weight is 368 g/mol. The molecule has 1 fully saturated rings. The van der Waals surface area contributed by atoms with Gasteiger partial charge in [-0.05, 0) is 57.4 Å². The molecule has 1 aliphatic rings. The Balaban J connectivity index is 1.94. The molecular formula is C18H29N3O3S. The van der Waals surface area contributed by atoms with Gasteiger partial charge in [0.25, 0.3) is 0 Å². The first-order valence-corrected chi connectivity index (χ1v) is 10.6. The number of nitrogens with zero attached hydrogens (tertiary/aromatic N) is 2. The normalized spacial score (nSPS) is 15.3. The van der Waals surface area contributed by atoms with Crippen molar-refractivity contribution in [3.8, 4) is 0 Å². The maximum atomic E-state index is 12.2. The molecule has 25 heavy (non-hydrogen) atoms. The summed E-state index contributed by atoms with van der Waals surface area (Å²) in [6.45, 7) is 9.17. The number of nitrogens with one attached hydrogen (secondary N) is 1. The third-order valence-electron chi connectivity index (χ3n) is 4.66. The zero-order valence-electron chi connectivity index (χ0n) is 15.4. The highest BCUT2D eigenvalue weighted by Crippen LogP contribution is 2.23. The fourth-order valence-corrected chi connectivity index (χ4v) is 4.62. The number of carbonyl (C=O) groups is 1. The van der Waals surface area contributed by atoms with E-state index in [1.54, 1.807) is 0 Å². The lowest BCUT2D eigenvalue weighted by molar-refractivity contribution is -0.115. The maximum Gasteiger partial charge on any atom is 0.225 e. The van der Waals surface area contributed by atoms with E-state index in [0.29, 0.717) is 13.1 Å². The Labute approximate surface area is 151 Å². The number of hydrogen-bond acceptors (Lipinski definition) is 4. The summed E-state index contributed by atoms with van der Waals surface area (Å²) in [4.78, 5) is 14.4. The largest absolute Gasteiger partial charge is 0.372 e. The Bertz CT molecular complexity index is 694. The van der Waals surface area contributed by atoms with Gasteiger partial charge in [-0.25, -0.2) is 12.7 Å². The monoisotopic (exact) mass is 367 g/mol. The van der Waals surface area contributed by atoms with Crippen molar-refractivity contribution in [2.24, 2.45) is 0 Å². The number of benzene rings is 1. The van der Waals surface area contributed by atoms with Crippen LogP contribution in [-0.4, -0.2) is 50.6 Å². The van der Waals surface area contributed by atoms with Gasteiger partial charge in [-0.15, -0.1) is 0 Å². The molecule has 1 aromatic carbocycles. The fraction of sp³-hybridized carbons (Fsp3) is 0.611. The molecule has 1 aromatic rings. The molecule has 0 aromatic heterocycles. The highest BCUT2D eigenvalue weighted by atomic mass is 32.2. The van der Waals surface area contributed by atoms with Crippen molar-refractivity contribution < 1.29 is 13.2 Å². The van der Waals surface area contributed by atoms with Gasteiger partial charge in [0.05, 0.1) is 5.75 Å². The van der Waals surface area contributed by atoms with Gasteiger partial charge in [0.2, 0.25) is 15.9 Å². The van der Waals surface area contributed by atoms with Crippen molar-refractivity contribution in [1.82, 2.24) is 4.31 Å². The van der Waals surface area contributed by atoms with Crippen molar-refractivity contribution >= 4 is 27.3 Å². The standard InChI is InChI=1S/C18H29N3O3S/c1-4-20(5-2)16-8-9-17(15(3)14-16)19-18(22)10-13-25(23,24)21-11-6-7-12-21/h8-9,14H,4-7,10-13H2,1-3H3,(H,19,22). The van der Waals surface area contributed by atoms with Crippen molar-refractivity contribution in [1.29, 1.82) is 0 Å². The molecule has 0 saturated carbocycles. The summed E-state index contributed by atoms with van der Waals surface area (Å²) >= 11 is 0. The molecule has 7 heteroatoms. The minimum absolute atomic E-state index is 0.0178. The molecule has 2 rings (SSSR count). The van der Waals surface area contributed by atoms with Crippen LogP contribution in [0.5, 0.6) is 0 Å². The van der Waals surface area contributed by atoms with Gasteiger partial charge >= 0.3 is 0 Å². The smallest absolute Gasteiger partial charge is 0.225 e. The van der Waals surface area contributed by atoms with E-state index in [9.17, 15) is 13.2 Å². The predicted molar refractivity (Wildman–Crippen MR) is 103 cm³/mol. The van der Waals surface area contributed by atoms with E-state index in [2.05, 4.69) is 24.1 Å². The van der Waals surface area contributed by atoms with Gasteiger partial charge in [-0.1, -0.05) is 0 Å². The van der Waals surface area contributed by atoms with Gasteiger partial charge in [-0.3, -0.25) is 4.79 Å². The lowest BCUT2D eigenvalue weighted by atomic mass is 10.1. The van der Waals surface area contributed by atoms with Gasteiger partial charge in [0.1, 0.15) is 0 Å². The van der Waals surface area contributed by atoms with E-state index in [-0.39, 0.29) is 18.1 Å². The van der Waals surface area contributed by atoms with E-state index in [0.717, 1.165) is 42.9 Å². The minimum Gasteiger partial charge on any atom is -0.372 e. The molecule has 6 nitrogen and oxygen atoms in total. The molecule has 140 valence electrons. The Morgan fingerprint density at radius 3 is 2.40 bits per heavy atom. The molecule has 0 unspecified atom stereocenters. The van der Waals surface area contributed by atoms with Gasteiger partial charge in [-0.2, -0.15) is 0 Å². The van der Waals surface area contributed by atoms with Gasteiger partial charge in [0, 0.05) is 44.0 Å². The zero-order valence-corrected chi connectivity index (χ0v) is 16.2. The Hall–Kier alpha value is -1.60. The van der Waals surface area contributed by atoms with E-state index < -0.39 is 10.0 Å². The van der Waals surface area contributed by atoms with Crippen LogP contribution in [0.1, 0.15) is 38.7 Å². The van der Waals surface area contributed by atoms with Crippen LogP contribution in [-0.2, 0) is 14.8 Å². The molecule has 1 heterocycles. The van der Waals surface area contributed by atoms with Crippen molar-refractivity contribution in [3.05, 3.63) is 23.8 Å². The van der Waals surface area contributed by atoms with Crippen LogP contribution in [0.15, 0.2) is 18.2 Å². The first-order valence-electron chi connectivity index (χ1n) is 9.00. The molecule has 1 N–H and O–H groups in total. The lowest BCUT2D eigenvalue weighted by Gasteiger charge is -2.22. The Morgan fingerprint density at radius 1 is 1.20 bits per heavy atom. The van der Waals surface area contributed by atoms with Crippen LogP contribution in [0.2, 0.25) is 0 Å². The van der Waals surface area contributed by atoms with Gasteiger partial charge < -0.3 is 10.2 Å². The molecule has 1 aliphatic heterocycles. The van der Waals surface area contributed by atoms with Crippen LogP contribution < -0.4 is 10.2 Å². The number of amides is 1. The van der Waals surface area contributed by atoms with Crippen LogP contribution in [0, 0.1) is 6.92 Å². The van der Waals surface area contributed by atoms with Crippen LogP contribution in [0.3, 0.4) is 0 Å². The van der Waals surface area contributed by atoms with E-state index in [1.165, 1.54) is 4.31 Å². The van der Waals surface area contributed by atoms with E-state index >= 15 is 0 Å². The molecule has 0 spiro atoms. The second-order valence-corrected chi connectivity index (χ2v) is 8.48. The number of sulfonamides is 1. The molecule has 0 atom stereocenters. The van der Waals surface area contributed by atoms with Crippen LogP contribution >= 0.6 is 0 Å². The summed E-state index contributed by atoms with van der Waals surface area (Å²) in [5.74, 6) is -0.392. The Morgan fingerprint density at radius 2 is 1.84 bits per heavy atom. The lowest BCUT2D eigenvalue weighted by Crippen LogP contribution is -2.31. The predicted octanol–water partition coefficient (Wildman–Crippen LogP) is 2.60. The molecule has 1 amide bonds. The fourth-order valence-electron chi connectivity index (χ4n) is 3.10. The highest BCUT2D eigenvalue weighted by molar-refractivity contribution is 7.89. The Kier molecular flexibility index (Phi) is 6.84. The topological polar surface area (TPSA) is 69.7 Å². The summed E-state index contributed by atoms with van der Waals surface area (Å²) in [5, 5.41) is 2.84. The number of carbonyl (C=O) groups excluding carboxylic acids is 1. The van der Waals surface area contributed by atoms with E-state index in [1.807, 2.05) is 25.1 Å². The number of hydrogen-bond donors (Lipinski definition) is 1. The molecule has 0 bridgehead atoms.